The summed E-state index contributed by atoms with van der Waals surface area (Å²) >= 11 is 6.30. The molecule has 354 valence electrons. The highest BCUT2D eigenvalue weighted by molar-refractivity contribution is 7.94. The molecular formula is C45H50ClFN10O9S. The van der Waals surface area contributed by atoms with Crippen LogP contribution in [-0.4, -0.2) is 113 Å². The lowest BCUT2D eigenvalue weighted by Crippen LogP contribution is -2.54. The number of hydrogen-bond acceptors (Lipinski definition) is 14. The Morgan fingerprint density at radius 1 is 0.970 bits per heavy atom. The SMILES string of the molecule is Cc1cnc(Nc2ccc(C(=O)NC3CCN(CCCNC(=O)COc4cccc5c4C(=O)N(C4CCC(=O)NC4=O)C5=O)CC3)c(F)c2)nc1Nc1ccc(Cl)c(NS(=O)(=O)C(C)(C)C)c1. The van der Waals surface area contributed by atoms with E-state index in [0.717, 1.165) is 4.90 Å². The number of aryl methyl sites for hydroxylation is 1. The lowest BCUT2D eigenvalue weighted by Gasteiger charge is -2.32. The third-order valence-electron chi connectivity index (χ3n) is 11.4. The number of nitrogens with zero attached hydrogens (tertiary/aromatic N) is 4. The highest BCUT2D eigenvalue weighted by Gasteiger charge is 2.46. The van der Waals surface area contributed by atoms with Gasteiger partial charge in [-0.25, -0.2) is 17.8 Å². The minimum absolute atomic E-state index is 0.00803. The predicted octanol–water partition coefficient (Wildman–Crippen LogP) is 4.79. The van der Waals surface area contributed by atoms with Gasteiger partial charge in [-0.3, -0.25) is 43.7 Å². The van der Waals surface area contributed by atoms with Gasteiger partial charge in [-0.2, -0.15) is 4.98 Å². The number of rotatable bonds is 16. The van der Waals surface area contributed by atoms with Gasteiger partial charge < -0.3 is 30.9 Å². The molecule has 3 aliphatic rings. The van der Waals surface area contributed by atoms with E-state index in [1.807, 2.05) is 0 Å². The molecule has 4 heterocycles. The van der Waals surface area contributed by atoms with Gasteiger partial charge in [-0.15, -0.1) is 0 Å². The number of fused-ring (bicyclic) bond motifs is 1. The van der Waals surface area contributed by atoms with E-state index in [2.05, 4.69) is 46.2 Å². The summed E-state index contributed by atoms with van der Waals surface area (Å²) < 4.78 is 48.0. The third-order valence-corrected chi connectivity index (χ3v) is 13.8. The Balaban J connectivity index is 0.827. The molecule has 4 aromatic rings. The van der Waals surface area contributed by atoms with Crippen LogP contribution in [0.1, 0.15) is 89.5 Å². The van der Waals surface area contributed by atoms with Crippen LogP contribution >= 0.6 is 11.6 Å². The number of benzene rings is 3. The van der Waals surface area contributed by atoms with Crippen molar-refractivity contribution in [3.63, 3.8) is 0 Å². The maximum Gasteiger partial charge on any atom is 0.266 e. The van der Waals surface area contributed by atoms with Crippen LogP contribution in [0.5, 0.6) is 5.75 Å². The van der Waals surface area contributed by atoms with Crippen LogP contribution in [-0.2, 0) is 24.4 Å². The number of anilines is 5. The van der Waals surface area contributed by atoms with Crippen molar-refractivity contribution in [3.05, 3.63) is 93.9 Å². The number of piperidine rings is 2. The summed E-state index contributed by atoms with van der Waals surface area (Å²) in [6, 6.07) is 12.0. The van der Waals surface area contributed by atoms with Crippen molar-refractivity contribution in [2.75, 3.05) is 48.1 Å². The van der Waals surface area contributed by atoms with Crippen molar-refractivity contribution in [3.8, 4) is 5.75 Å². The van der Waals surface area contributed by atoms with Crippen molar-refractivity contribution >= 4 is 85.9 Å². The number of halogens is 2. The van der Waals surface area contributed by atoms with E-state index < -0.39 is 68.7 Å². The number of nitrogens with one attached hydrogen (secondary N) is 6. The molecule has 1 aromatic heterocycles. The van der Waals surface area contributed by atoms with E-state index in [-0.39, 0.29) is 58.0 Å². The molecule has 1 unspecified atom stereocenters. The molecule has 0 aliphatic carbocycles. The van der Waals surface area contributed by atoms with E-state index in [4.69, 9.17) is 16.3 Å². The summed E-state index contributed by atoms with van der Waals surface area (Å²) in [6.45, 7) is 8.47. The molecule has 0 bridgehead atoms. The number of ether oxygens (including phenoxy) is 1. The summed E-state index contributed by atoms with van der Waals surface area (Å²) in [5.41, 5.74) is 1.56. The van der Waals surface area contributed by atoms with E-state index in [9.17, 15) is 37.2 Å². The molecule has 6 N–H and O–H groups in total. The van der Waals surface area contributed by atoms with Gasteiger partial charge in [0.15, 0.2) is 6.61 Å². The quantitative estimate of drug-likeness (QED) is 0.0653. The zero-order chi connectivity index (χ0) is 48.2. The number of likely N-dealkylation sites (tertiary alicyclic amines) is 1. The fourth-order valence-electron chi connectivity index (χ4n) is 7.54. The predicted molar refractivity (Wildman–Crippen MR) is 247 cm³/mol. The van der Waals surface area contributed by atoms with Crippen molar-refractivity contribution in [2.45, 2.75) is 76.6 Å². The molecular weight excluding hydrogens is 911 g/mol. The molecule has 3 aliphatic heterocycles. The van der Waals surface area contributed by atoms with E-state index >= 15 is 4.39 Å². The second kappa shape index (κ2) is 20.0. The Morgan fingerprint density at radius 2 is 1.70 bits per heavy atom. The van der Waals surface area contributed by atoms with E-state index in [0.29, 0.717) is 68.2 Å². The maximum absolute atomic E-state index is 15.4. The molecule has 2 fully saturated rings. The summed E-state index contributed by atoms with van der Waals surface area (Å²) in [6.07, 6.45) is 3.48. The molecule has 2 saturated heterocycles. The highest BCUT2D eigenvalue weighted by atomic mass is 35.5. The van der Waals surface area contributed by atoms with Gasteiger partial charge in [0.2, 0.25) is 27.8 Å². The lowest BCUT2D eigenvalue weighted by molar-refractivity contribution is -0.136. The van der Waals surface area contributed by atoms with Crippen LogP contribution in [0.15, 0.2) is 60.8 Å². The minimum atomic E-state index is -3.74. The fourth-order valence-corrected chi connectivity index (χ4v) is 8.53. The molecule has 3 aromatic carbocycles. The first kappa shape index (κ1) is 48.2. The summed E-state index contributed by atoms with van der Waals surface area (Å²) in [5.74, 6) is -3.75. The summed E-state index contributed by atoms with van der Waals surface area (Å²) in [7, 11) is -3.74. The second-order valence-corrected chi connectivity index (χ2v) is 20.1. The molecule has 1 atom stereocenters. The van der Waals surface area contributed by atoms with Gasteiger partial charge in [-0.05, 0) is 108 Å². The van der Waals surface area contributed by atoms with Crippen molar-refractivity contribution in [2.24, 2.45) is 0 Å². The number of aromatic nitrogens is 2. The maximum atomic E-state index is 15.4. The van der Waals surface area contributed by atoms with Gasteiger partial charge >= 0.3 is 0 Å². The Hall–Kier alpha value is -6.71. The average Bonchev–Trinajstić information content (AvgIpc) is 3.52. The minimum Gasteiger partial charge on any atom is -0.483 e. The Bertz CT molecular complexity index is 2750. The normalized spacial score (nSPS) is 16.9. The monoisotopic (exact) mass is 960 g/mol. The van der Waals surface area contributed by atoms with Crippen molar-refractivity contribution in [1.82, 2.24) is 35.7 Å². The third kappa shape index (κ3) is 11.3. The highest BCUT2D eigenvalue weighted by Crippen LogP contribution is 2.34. The average molecular weight is 961 g/mol. The summed E-state index contributed by atoms with van der Waals surface area (Å²) in [4.78, 5) is 88.0. The zero-order valence-electron chi connectivity index (χ0n) is 37.1. The number of carbonyl (C=O) groups excluding carboxylic acids is 6. The van der Waals surface area contributed by atoms with Gasteiger partial charge in [0.25, 0.3) is 23.6 Å². The van der Waals surface area contributed by atoms with Gasteiger partial charge in [0.1, 0.15) is 23.4 Å². The Kier molecular flexibility index (Phi) is 14.4. The van der Waals surface area contributed by atoms with Crippen LogP contribution in [0.2, 0.25) is 5.02 Å². The molecule has 6 amide bonds. The van der Waals surface area contributed by atoms with Crippen molar-refractivity contribution < 1.29 is 46.3 Å². The number of hydrogen-bond donors (Lipinski definition) is 6. The van der Waals surface area contributed by atoms with Gasteiger partial charge in [0, 0.05) is 55.2 Å². The van der Waals surface area contributed by atoms with Gasteiger partial charge in [-0.1, -0.05) is 17.7 Å². The number of sulfonamides is 1. The van der Waals surface area contributed by atoms with Gasteiger partial charge in [0.05, 0.1) is 32.1 Å². The van der Waals surface area contributed by atoms with Crippen molar-refractivity contribution in [1.29, 1.82) is 0 Å². The van der Waals surface area contributed by atoms with E-state index in [1.165, 1.54) is 30.3 Å². The number of amides is 6. The van der Waals surface area contributed by atoms with Crippen LogP contribution in [0.25, 0.3) is 0 Å². The van der Waals surface area contributed by atoms with Crippen LogP contribution in [0.3, 0.4) is 0 Å². The Labute approximate surface area is 391 Å². The first-order valence-corrected chi connectivity index (χ1v) is 23.4. The number of carbonyl (C=O) groups is 6. The fraction of sp³-hybridized carbons (Fsp3) is 0.378. The molecule has 22 heteroatoms. The molecule has 0 spiro atoms. The first-order chi connectivity index (χ1) is 31.8. The topological polar surface area (TPSA) is 250 Å². The standard InChI is InChI=1S/C45H50ClFN10O9S/c1-25-23-49-44(54-39(25)50-28-10-12-31(46)33(22-28)55-67(64,65)45(2,3)4)52-27-9-11-29(32(47)21-27)40(60)51-26-15-19-56(20-16-26)18-6-17-48-37(59)24-66-35-8-5-7-30-38(35)43(63)57(42(30)62)34-13-14-36(58)53-41(34)61/h5,7-12,21-23,26,34,55H,6,13-20,24H2,1-4H3,(H,48,59)(H,51,60)(H,53,58,61)(H2,49,50,52,54). The molecule has 7 rings (SSSR count). The molecule has 0 saturated carbocycles. The van der Waals surface area contributed by atoms with Crippen LogP contribution in [0.4, 0.5) is 33.2 Å². The Morgan fingerprint density at radius 3 is 2.42 bits per heavy atom. The lowest BCUT2D eigenvalue weighted by atomic mass is 10.0. The first-order valence-electron chi connectivity index (χ1n) is 21.5. The summed E-state index contributed by atoms with van der Waals surface area (Å²) in [5, 5.41) is 14.2. The van der Waals surface area contributed by atoms with E-state index in [1.54, 1.807) is 58.2 Å². The molecule has 19 nitrogen and oxygen atoms in total. The molecule has 67 heavy (non-hydrogen) atoms. The van der Waals surface area contributed by atoms with Crippen LogP contribution < -0.4 is 36.0 Å². The number of imide groups is 2. The van der Waals surface area contributed by atoms with Crippen LogP contribution in [0, 0.1) is 12.7 Å². The zero-order valence-corrected chi connectivity index (χ0v) is 38.7. The smallest absolute Gasteiger partial charge is 0.266 e. The largest absolute Gasteiger partial charge is 0.483 e. The second-order valence-electron chi connectivity index (χ2n) is 17.3. The molecule has 0 radical (unpaired) electrons.